The van der Waals surface area contributed by atoms with Crippen molar-refractivity contribution in [1.29, 1.82) is 0 Å². The van der Waals surface area contributed by atoms with Crippen molar-refractivity contribution in [3.8, 4) is 5.75 Å². The van der Waals surface area contributed by atoms with Gasteiger partial charge in [0.2, 0.25) is 0 Å². The molecule has 0 heterocycles. The molecule has 0 fully saturated rings. The molecule has 0 spiro atoms. The summed E-state index contributed by atoms with van der Waals surface area (Å²) in [5, 5.41) is 18.9. The highest BCUT2D eigenvalue weighted by atomic mass is 35.5. The molecule has 0 bridgehead atoms. The molecule has 0 amide bonds. The Hall–Kier alpha value is -0.730. The summed E-state index contributed by atoms with van der Waals surface area (Å²) in [7, 11) is 0. The summed E-state index contributed by atoms with van der Waals surface area (Å²) in [4.78, 5) is 0. The van der Waals surface area contributed by atoms with E-state index in [9.17, 15) is 5.11 Å². The maximum Gasteiger partial charge on any atom is 0.134 e. The molecule has 0 aliphatic carbocycles. The van der Waals surface area contributed by atoms with Crippen molar-refractivity contribution >= 4 is 11.6 Å². The van der Waals surface area contributed by atoms with E-state index < -0.39 is 5.60 Å². The molecule has 0 aliphatic heterocycles. The van der Waals surface area contributed by atoms with E-state index in [0.717, 1.165) is 0 Å². The van der Waals surface area contributed by atoms with Crippen LogP contribution in [0.4, 0.5) is 0 Å². The van der Waals surface area contributed by atoms with Crippen molar-refractivity contribution in [2.45, 2.75) is 19.4 Å². The lowest BCUT2D eigenvalue weighted by Gasteiger charge is -2.17. The smallest absolute Gasteiger partial charge is 0.134 e. The molecule has 0 aromatic heterocycles. The lowest BCUT2D eigenvalue weighted by atomic mass is 9.99. The third kappa shape index (κ3) is 1.90. The third-order valence-corrected chi connectivity index (χ3v) is 1.96. The van der Waals surface area contributed by atoms with Gasteiger partial charge < -0.3 is 10.2 Å². The van der Waals surface area contributed by atoms with Crippen LogP contribution in [0.15, 0.2) is 18.2 Å². The molecule has 1 rings (SSSR count). The van der Waals surface area contributed by atoms with Crippen LogP contribution in [0.2, 0.25) is 5.02 Å². The molecule has 1 aromatic carbocycles. The fourth-order valence-corrected chi connectivity index (χ4v) is 1.07. The summed E-state index contributed by atoms with van der Waals surface area (Å²) in [5.41, 5.74) is -0.234. The van der Waals surface area contributed by atoms with Crippen LogP contribution in [0.5, 0.6) is 5.75 Å². The average molecular weight is 187 g/mol. The number of aliphatic hydroxyl groups is 1. The molecular weight excluding hydrogens is 176 g/mol. The van der Waals surface area contributed by atoms with E-state index >= 15 is 0 Å². The Kier molecular flexibility index (Phi) is 2.31. The van der Waals surface area contributed by atoms with Gasteiger partial charge in [0.15, 0.2) is 0 Å². The third-order valence-electron chi connectivity index (χ3n) is 1.65. The Labute approximate surface area is 76.4 Å². The first-order valence-corrected chi connectivity index (χ1v) is 4.00. The first-order valence-electron chi connectivity index (χ1n) is 3.62. The predicted molar refractivity (Wildman–Crippen MR) is 48.4 cm³/mol. The molecule has 66 valence electrons. The van der Waals surface area contributed by atoms with Crippen molar-refractivity contribution in [3.05, 3.63) is 28.8 Å². The van der Waals surface area contributed by atoms with Crippen molar-refractivity contribution < 1.29 is 10.2 Å². The van der Waals surface area contributed by atoms with E-state index in [-0.39, 0.29) is 10.8 Å². The minimum absolute atomic E-state index is 0.0321. The Morgan fingerprint density at radius 1 is 1.33 bits per heavy atom. The molecule has 0 radical (unpaired) electrons. The van der Waals surface area contributed by atoms with Crippen LogP contribution >= 0.6 is 11.6 Å². The van der Waals surface area contributed by atoms with Crippen molar-refractivity contribution in [2.24, 2.45) is 0 Å². The van der Waals surface area contributed by atoms with Crippen molar-refractivity contribution in [3.63, 3.8) is 0 Å². The Bertz CT molecular complexity index is 289. The number of hydrogen-bond acceptors (Lipinski definition) is 2. The van der Waals surface area contributed by atoms with Crippen LogP contribution < -0.4 is 0 Å². The largest absolute Gasteiger partial charge is 0.506 e. The van der Waals surface area contributed by atoms with Gasteiger partial charge >= 0.3 is 0 Å². The summed E-state index contributed by atoms with van der Waals surface area (Å²) in [6.07, 6.45) is 0. The molecular formula is C9H11ClO2. The molecule has 0 saturated heterocycles. The predicted octanol–water partition coefficient (Wildman–Crippen LogP) is 2.27. The second-order valence-corrected chi connectivity index (χ2v) is 3.63. The normalized spacial score (nSPS) is 11.7. The second-order valence-electron chi connectivity index (χ2n) is 3.23. The monoisotopic (exact) mass is 186 g/mol. The van der Waals surface area contributed by atoms with E-state index in [4.69, 9.17) is 16.7 Å². The highest BCUT2D eigenvalue weighted by Gasteiger charge is 2.16. The minimum Gasteiger partial charge on any atom is -0.506 e. The number of rotatable bonds is 1. The standard InChI is InChI=1S/C9H11ClO2/c1-9(2,12)6-3-4-8(11)7(10)5-6/h3-5,11-12H,1-2H3. The number of benzene rings is 1. The van der Waals surface area contributed by atoms with Crippen LogP contribution in [-0.2, 0) is 5.60 Å². The van der Waals surface area contributed by atoms with Gasteiger partial charge in [-0.05, 0) is 31.5 Å². The highest BCUT2D eigenvalue weighted by molar-refractivity contribution is 6.32. The first kappa shape index (κ1) is 9.36. The fourth-order valence-electron chi connectivity index (χ4n) is 0.887. The van der Waals surface area contributed by atoms with Gasteiger partial charge in [0.05, 0.1) is 10.6 Å². The van der Waals surface area contributed by atoms with Crippen LogP contribution in [0.25, 0.3) is 0 Å². The maximum absolute atomic E-state index is 9.56. The average Bonchev–Trinajstić information content (AvgIpc) is 1.92. The summed E-state index contributed by atoms with van der Waals surface area (Å²) < 4.78 is 0. The topological polar surface area (TPSA) is 40.5 Å². The molecule has 0 atom stereocenters. The minimum atomic E-state index is -0.919. The quantitative estimate of drug-likeness (QED) is 0.707. The zero-order chi connectivity index (χ0) is 9.35. The van der Waals surface area contributed by atoms with Gasteiger partial charge in [0.1, 0.15) is 5.75 Å². The Morgan fingerprint density at radius 2 is 1.92 bits per heavy atom. The van der Waals surface area contributed by atoms with Gasteiger partial charge in [-0.25, -0.2) is 0 Å². The zero-order valence-corrected chi connectivity index (χ0v) is 7.76. The van der Waals surface area contributed by atoms with E-state index in [1.807, 2.05) is 0 Å². The van der Waals surface area contributed by atoms with Crippen molar-refractivity contribution in [1.82, 2.24) is 0 Å². The van der Waals surface area contributed by atoms with Gasteiger partial charge in [-0.2, -0.15) is 0 Å². The molecule has 12 heavy (non-hydrogen) atoms. The van der Waals surface area contributed by atoms with Crippen LogP contribution in [0.3, 0.4) is 0 Å². The molecule has 0 unspecified atom stereocenters. The Morgan fingerprint density at radius 3 is 2.33 bits per heavy atom. The summed E-state index contributed by atoms with van der Waals surface area (Å²) >= 11 is 5.66. The summed E-state index contributed by atoms with van der Waals surface area (Å²) in [6.45, 7) is 3.32. The van der Waals surface area contributed by atoms with Crippen molar-refractivity contribution in [2.75, 3.05) is 0 Å². The van der Waals surface area contributed by atoms with Gasteiger partial charge in [0, 0.05) is 0 Å². The molecule has 0 aliphatic rings. The maximum atomic E-state index is 9.56. The van der Waals surface area contributed by atoms with E-state index in [2.05, 4.69) is 0 Å². The van der Waals surface area contributed by atoms with E-state index in [1.54, 1.807) is 26.0 Å². The molecule has 3 heteroatoms. The van der Waals surface area contributed by atoms with Crippen LogP contribution in [0.1, 0.15) is 19.4 Å². The first-order chi connectivity index (χ1) is 5.41. The Balaban J connectivity index is 3.14. The fraction of sp³-hybridized carbons (Fsp3) is 0.333. The molecule has 1 aromatic rings. The number of phenolic OH excluding ortho intramolecular Hbond substituents is 1. The lowest BCUT2D eigenvalue weighted by Crippen LogP contribution is -2.14. The van der Waals surface area contributed by atoms with Gasteiger partial charge in [-0.1, -0.05) is 17.7 Å². The summed E-state index contributed by atoms with van der Waals surface area (Å²) in [5.74, 6) is 0.0321. The molecule has 0 saturated carbocycles. The lowest BCUT2D eigenvalue weighted by molar-refractivity contribution is 0.0786. The molecule has 2 nitrogen and oxygen atoms in total. The zero-order valence-electron chi connectivity index (χ0n) is 7.00. The van der Waals surface area contributed by atoms with Gasteiger partial charge in [0.25, 0.3) is 0 Å². The van der Waals surface area contributed by atoms with Gasteiger partial charge in [-0.15, -0.1) is 0 Å². The highest BCUT2D eigenvalue weighted by Crippen LogP contribution is 2.28. The molecule has 2 N–H and O–H groups in total. The summed E-state index contributed by atoms with van der Waals surface area (Å²) in [6, 6.07) is 4.66. The van der Waals surface area contributed by atoms with Crippen LogP contribution in [0, 0.1) is 0 Å². The van der Waals surface area contributed by atoms with E-state index in [0.29, 0.717) is 5.56 Å². The second kappa shape index (κ2) is 2.96. The van der Waals surface area contributed by atoms with Crippen LogP contribution in [-0.4, -0.2) is 10.2 Å². The SMILES string of the molecule is CC(C)(O)c1ccc(O)c(Cl)c1. The van der Waals surface area contributed by atoms with Gasteiger partial charge in [-0.3, -0.25) is 0 Å². The number of hydrogen-bond donors (Lipinski definition) is 2. The number of phenols is 1. The number of aromatic hydroxyl groups is 1. The van der Waals surface area contributed by atoms with E-state index in [1.165, 1.54) is 6.07 Å². The number of halogens is 1.